The maximum atomic E-state index is 13.1. The minimum Gasteiger partial charge on any atom is -0.481 e. The summed E-state index contributed by atoms with van der Waals surface area (Å²) in [4.78, 5) is 12.6. The Kier molecular flexibility index (Phi) is 6.97. The molecule has 0 unspecified atom stereocenters. The van der Waals surface area contributed by atoms with Gasteiger partial charge < -0.3 is 10.1 Å². The topological polar surface area (TPSA) is 75.7 Å². The van der Waals surface area contributed by atoms with Crippen LogP contribution >= 0.6 is 0 Å². The van der Waals surface area contributed by atoms with E-state index < -0.39 is 16.1 Å². The number of hydrogen-bond acceptors (Lipinski definition) is 4. The summed E-state index contributed by atoms with van der Waals surface area (Å²) in [7, 11) is -3.71. The predicted octanol–water partition coefficient (Wildman–Crippen LogP) is 4.62. The Labute approximate surface area is 183 Å². The molecule has 0 radical (unpaired) electrons. The zero-order valence-electron chi connectivity index (χ0n) is 17.8. The largest absolute Gasteiger partial charge is 0.481 e. The number of amides is 1. The van der Waals surface area contributed by atoms with E-state index in [1.165, 1.54) is 16.4 Å². The number of benzene rings is 3. The number of carbonyl (C=O) groups excluding carboxylic acids is 1. The number of ether oxygens (including phenoxy) is 1. The number of anilines is 2. The molecule has 1 amide bonds. The Hall–Kier alpha value is -3.32. The Morgan fingerprint density at radius 1 is 0.968 bits per heavy atom. The van der Waals surface area contributed by atoms with Crippen molar-refractivity contribution >= 4 is 27.3 Å². The molecule has 162 valence electrons. The first-order valence-electron chi connectivity index (χ1n) is 10.0. The van der Waals surface area contributed by atoms with E-state index in [1.54, 1.807) is 50.2 Å². The van der Waals surface area contributed by atoms with Crippen LogP contribution in [-0.4, -0.2) is 27.0 Å². The second kappa shape index (κ2) is 9.66. The van der Waals surface area contributed by atoms with Crippen LogP contribution in [0.3, 0.4) is 0 Å². The van der Waals surface area contributed by atoms with Crippen LogP contribution in [0.25, 0.3) is 0 Å². The highest BCUT2D eigenvalue weighted by molar-refractivity contribution is 7.92. The molecular formula is C24H26N2O4S. The van der Waals surface area contributed by atoms with Gasteiger partial charge in [0.05, 0.1) is 10.6 Å². The molecule has 1 N–H and O–H groups in total. The lowest BCUT2D eigenvalue weighted by atomic mass is 10.2. The van der Waals surface area contributed by atoms with Crippen molar-refractivity contribution in [1.82, 2.24) is 0 Å². The summed E-state index contributed by atoms with van der Waals surface area (Å²) in [6, 6.07) is 22.5. The van der Waals surface area contributed by atoms with E-state index >= 15 is 0 Å². The molecule has 0 aliphatic carbocycles. The van der Waals surface area contributed by atoms with Crippen molar-refractivity contribution < 1.29 is 17.9 Å². The minimum atomic E-state index is -3.71. The zero-order chi connectivity index (χ0) is 22.4. The third-order valence-electron chi connectivity index (χ3n) is 4.74. The molecule has 0 aliphatic heterocycles. The molecule has 3 aromatic rings. The summed E-state index contributed by atoms with van der Waals surface area (Å²) < 4.78 is 33.1. The lowest BCUT2D eigenvalue weighted by molar-refractivity contribution is -0.122. The molecular weight excluding hydrogens is 412 g/mol. The van der Waals surface area contributed by atoms with Crippen molar-refractivity contribution in [2.45, 2.75) is 31.8 Å². The van der Waals surface area contributed by atoms with Crippen molar-refractivity contribution in [2.75, 3.05) is 16.2 Å². The number of aryl methyl sites for hydroxylation is 1. The van der Waals surface area contributed by atoms with E-state index in [2.05, 4.69) is 5.32 Å². The second-order valence-corrected chi connectivity index (χ2v) is 8.95. The number of para-hydroxylation sites is 1. The second-order valence-electron chi connectivity index (χ2n) is 7.09. The van der Waals surface area contributed by atoms with Crippen LogP contribution in [0.15, 0.2) is 83.8 Å². The number of carbonyl (C=O) groups is 1. The van der Waals surface area contributed by atoms with E-state index in [4.69, 9.17) is 4.74 Å². The summed E-state index contributed by atoms with van der Waals surface area (Å²) in [5, 5.41) is 2.75. The molecule has 0 saturated heterocycles. The molecule has 0 saturated carbocycles. The quantitative estimate of drug-likeness (QED) is 0.557. The van der Waals surface area contributed by atoms with Crippen LogP contribution < -0.4 is 14.4 Å². The summed E-state index contributed by atoms with van der Waals surface area (Å²) in [6.07, 6.45) is -0.709. The highest BCUT2D eigenvalue weighted by Crippen LogP contribution is 2.24. The first kappa shape index (κ1) is 22.4. The summed E-state index contributed by atoms with van der Waals surface area (Å²) in [6.45, 7) is 5.73. The fraction of sp³-hybridized carbons (Fsp3) is 0.208. The van der Waals surface area contributed by atoms with E-state index in [-0.39, 0.29) is 10.8 Å². The standard InChI is InChI=1S/C24H26N2O4S/c1-4-26(21-8-6-5-7-9-21)31(28,29)23-16-12-20(13-17-23)25-24(27)19(3)30-22-14-10-18(2)11-15-22/h5-17,19H,4H2,1-3H3,(H,25,27)/t19-/m1/s1. The lowest BCUT2D eigenvalue weighted by Crippen LogP contribution is -2.31. The van der Waals surface area contributed by atoms with E-state index in [1.807, 2.05) is 37.3 Å². The maximum Gasteiger partial charge on any atom is 0.265 e. The Bertz CT molecular complexity index is 1110. The Morgan fingerprint density at radius 2 is 1.58 bits per heavy atom. The van der Waals surface area contributed by atoms with Gasteiger partial charge >= 0.3 is 0 Å². The van der Waals surface area contributed by atoms with Crippen molar-refractivity contribution in [2.24, 2.45) is 0 Å². The monoisotopic (exact) mass is 438 g/mol. The molecule has 1 atom stereocenters. The van der Waals surface area contributed by atoms with Crippen LogP contribution in [0.2, 0.25) is 0 Å². The van der Waals surface area contributed by atoms with Crippen molar-refractivity contribution in [1.29, 1.82) is 0 Å². The summed E-state index contributed by atoms with van der Waals surface area (Å²) in [5.74, 6) is 0.283. The number of nitrogens with one attached hydrogen (secondary N) is 1. The lowest BCUT2D eigenvalue weighted by Gasteiger charge is -2.23. The van der Waals surface area contributed by atoms with Crippen LogP contribution in [0.1, 0.15) is 19.4 Å². The van der Waals surface area contributed by atoms with Crippen LogP contribution in [-0.2, 0) is 14.8 Å². The van der Waals surface area contributed by atoms with Gasteiger partial charge in [-0.25, -0.2) is 8.42 Å². The first-order valence-corrected chi connectivity index (χ1v) is 11.5. The normalized spacial score (nSPS) is 12.1. The van der Waals surface area contributed by atoms with Gasteiger partial charge in [-0.15, -0.1) is 0 Å². The van der Waals surface area contributed by atoms with Crippen molar-refractivity contribution in [3.63, 3.8) is 0 Å². The van der Waals surface area contributed by atoms with Crippen LogP contribution in [0.4, 0.5) is 11.4 Å². The van der Waals surface area contributed by atoms with Gasteiger partial charge in [-0.3, -0.25) is 9.10 Å². The predicted molar refractivity (Wildman–Crippen MR) is 123 cm³/mol. The molecule has 0 aromatic heterocycles. The van der Waals surface area contributed by atoms with Gasteiger partial charge in [-0.2, -0.15) is 0 Å². The Balaban J connectivity index is 1.69. The number of rotatable bonds is 8. The molecule has 0 spiro atoms. The molecule has 31 heavy (non-hydrogen) atoms. The SMILES string of the molecule is CCN(c1ccccc1)S(=O)(=O)c1ccc(NC(=O)[C@@H](C)Oc2ccc(C)cc2)cc1. The molecule has 0 fully saturated rings. The molecule has 6 nitrogen and oxygen atoms in total. The molecule has 3 rings (SSSR count). The van der Waals surface area contributed by atoms with Crippen LogP contribution in [0.5, 0.6) is 5.75 Å². The highest BCUT2D eigenvalue weighted by Gasteiger charge is 2.23. The fourth-order valence-corrected chi connectivity index (χ4v) is 4.52. The third kappa shape index (κ3) is 5.44. The molecule has 7 heteroatoms. The van der Waals surface area contributed by atoms with Gasteiger partial charge in [0.15, 0.2) is 6.10 Å². The number of sulfonamides is 1. The number of hydrogen-bond donors (Lipinski definition) is 1. The van der Waals surface area contributed by atoms with E-state index in [9.17, 15) is 13.2 Å². The summed E-state index contributed by atoms with van der Waals surface area (Å²) >= 11 is 0. The van der Waals surface area contributed by atoms with Gasteiger partial charge in [0, 0.05) is 12.2 Å². The molecule has 0 bridgehead atoms. The average Bonchev–Trinajstić information content (AvgIpc) is 2.76. The maximum absolute atomic E-state index is 13.1. The first-order chi connectivity index (χ1) is 14.8. The minimum absolute atomic E-state index is 0.153. The fourth-order valence-electron chi connectivity index (χ4n) is 3.04. The number of nitrogens with zero attached hydrogens (tertiary/aromatic N) is 1. The van der Waals surface area contributed by atoms with E-state index in [0.717, 1.165) is 5.56 Å². The Morgan fingerprint density at radius 3 is 2.16 bits per heavy atom. The van der Waals surface area contributed by atoms with Gasteiger partial charge in [0.25, 0.3) is 15.9 Å². The van der Waals surface area contributed by atoms with Crippen molar-refractivity contribution in [3.8, 4) is 5.75 Å². The smallest absolute Gasteiger partial charge is 0.265 e. The highest BCUT2D eigenvalue weighted by atomic mass is 32.2. The van der Waals surface area contributed by atoms with Gasteiger partial charge in [0.2, 0.25) is 0 Å². The zero-order valence-corrected chi connectivity index (χ0v) is 18.6. The molecule has 0 heterocycles. The summed E-state index contributed by atoms with van der Waals surface area (Å²) in [5.41, 5.74) is 2.20. The molecule has 3 aromatic carbocycles. The third-order valence-corrected chi connectivity index (χ3v) is 6.66. The average molecular weight is 439 g/mol. The van der Waals surface area contributed by atoms with Gasteiger partial charge in [-0.05, 0) is 69.3 Å². The molecule has 0 aliphatic rings. The van der Waals surface area contributed by atoms with Crippen LogP contribution in [0, 0.1) is 6.92 Å². The van der Waals surface area contributed by atoms with Gasteiger partial charge in [-0.1, -0.05) is 35.9 Å². The van der Waals surface area contributed by atoms with E-state index in [0.29, 0.717) is 23.7 Å². The van der Waals surface area contributed by atoms with Crippen molar-refractivity contribution in [3.05, 3.63) is 84.4 Å². The van der Waals surface area contributed by atoms with Gasteiger partial charge in [0.1, 0.15) is 5.75 Å².